The quantitative estimate of drug-likeness (QED) is 0.681. The molecule has 0 radical (unpaired) electrons. The molecular formula is C26H40N4O5. The van der Waals surface area contributed by atoms with Crippen LogP contribution in [0.1, 0.15) is 53.0 Å². The van der Waals surface area contributed by atoms with E-state index in [1.165, 1.54) is 4.57 Å². The van der Waals surface area contributed by atoms with Crippen molar-refractivity contribution in [1.82, 2.24) is 19.4 Å². The van der Waals surface area contributed by atoms with Crippen molar-refractivity contribution in [3.63, 3.8) is 0 Å². The number of piperidine rings is 1. The zero-order valence-corrected chi connectivity index (χ0v) is 22.2. The number of nitrogens with zero attached hydrogens (tertiary/aromatic N) is 4. The van der Waals surface area contributed by atoms with Gasteiger partial charge in [-0.15, -0.1) is 0 Å². The van der Waals surface area contributed by atoms with Gasteiger partial charge in [-0.2, -0.15) is 0 Å². The molecule has 1 aromatic heterocycles. The fraction of sp³-hybridized carbons (Fsp3) is 0.577. The molecule has 2 heterocycles. The molecule has 9 heteroatoms. The first-order valence-corrected chi connectivity index (χ1v) is 11.9. The van der Waals surface area contributed by atoms with E-state index in [0.29, 0.717) is 25.9 Å². The van der Waals surface area contributed by atoms with Gasteiger partial charge in [0.05, 0.1) is 12.8 Å². The van der Waals surface area contributed by atoms with Crippen LogP contribution in [0, 0.1) is 6.92 Å². The molecule has 9 nitrogen and oxygen atoms in total. The second-order valence-electron chi connectivity index (χ2n) is 10.0. The summed E-state index contributed by atoms with van der Waals surface area (Å²) < 4.78 is 12.3. The predicted octanol–water partition coefficient (Wildman–Crippen LogP) is 4.55. The van der Waals surface area contributed by atoms with E-state index in [9.17, 15) is 9.59 Å². The number of imidazole rings is 1. The van der Waals surface area contributed by atoms with Crippen molar-refractivity contribution in [1.29, 1.82) is 0 Å². The molecule has 0 spiro atoms. The van der Waals surface area contributed by atoms with Gasteiger partial charge in [0.25, 0.3) is 0 Å². The number of aryl methyl sites for hydroxylation is 1. The first-order valence-electron chi connectivity index (χ1n) is 11.9. The molecule has 2 amide bonds. The largest absolute Gasteiger partial charge is 0.496 e. The number of rotatable bonds is 3. The van der Waals surface area contributed by atoms with E-state index in [4.69, 9.17) is 14.6 Å². The van der Waals surface area contributed by atoms with Gasteiger partial charge in [0.2, 0.25) is 0 Å². The molecule has 1 aromatic carbocycles. The van der Waals surface area contributed by atoms with Crippen LogP contribution in [-0.4, -0.2) is 81.6 Å². The standard InChI is InChI=1S/C23H32N4O4.C3H8O/c1-16-13-17(7-8-20(16)30-6)19-14-27(15-24-19)21(28)25(5)18-9-11-26(12-10-18)22(29)31-23(2,3)4;1-3(2)4/h7-8,13-15,18H,9-12H2,1-6H3;3-4H,1-2H3. The highest BCUT2D eigenvalue weighted by Crippen LogP contribution is 2.25. The third-order valence-corrected chi connectivity index (χ3v) is 5.46. The summed E-state index contributed by atoms with van der Waals surface area (Å²) in [6.45, 7) is 12.1. The highest BCUT2D eigenvalue weighted by Gasteiger charge is 2.30. The molecule has 35 heavy (non-hydrogen) atoms. The van der Waals surface area contributed by atoms with Gasteiger partial charge in [0.15, 0.2) is 0 Å². The molecule has 3 rings (SSSR count). The number of amides is 2. The van der Waals surface area contributed by atoms with Gasteiger partial charge < -0.3 is 24.4 Å². The molecule has 1 aliphatic rings. The maximum absolute atomic E-state index is 13.0. The Balaban J connectivity index is 0.00000100. The molecule has 0 atom stereocenters. The Morgan fingerprint density at radius 1 is 1.20 bits per heavy atom. The topological polar surface area (TPSA) is 97.1 Å². The van der Waals surface area contributed by atoms with Crippen LogP contribution >= 0.6 is 0 Å². The van der Waals surface area contributed by atoms with Crippen LogP contribution in [0.4, 0.5) is 9.59 Å². The fourth-order valence-electron chi connectivity index (χ4n) is 3.71. The minimum atomic E-state index is -0.512. The summed E-state index contributed by atoms with van der Waals surface area (Å²) in [4.78, 5) is 33.1. The Morgan fingerprint density at radius 2 is 1.80 bits per heavy atom. The number of aliphatic hydroxyl groups is 1. The van der Waals surface area contributed by atoms with E-state index in [1.54, 1.807) is 50.3 Å². The Morgan fingerprint density at radius 3 is 2.31 bits per heavy atom. The highest BCUT2D eigenvalue weighted by atomic mass is 16.6. The maximum atomic E-state index is 13.0. The van der Waals surface area contributed by atoms with Gasteiger partial charge >= 0.3 is 12.1 Å². The van der Waals surface area contributed by atoms with Crippen molar-refractivity contribution in [3.8, 4) is 17.0 Å². The number of aliphatic hydroxyl groups excluding tert-OH is 1. The normalized spacial score (nSPS) is 14.3. The minimum Gasteiger partial charge on any atom is -0.496 e. The van der Waals surface area contributed by atoms with Gasteiger partial charge in [-0.25, -0.2) is 14.6 Å². The summed E-state index contributed by atoms with van der Waals surface area (Å²) in [5, 5.41) is 8.06. The number of carbonyl (C=O) groups excluding carboxylic acids is 2. The summed E-state index contributed by atoms with van der Waals surface area (Å²) in [7, 11) is 3.44. The van der Waals surface area contributed by atoms with E-state index in [1.807, 2.05) is 45.9 Å². The number of benzene rings is 1. The van der Waals surface area contributed by atoms with Crippen LogP contribution in [-0.2, 0) is 4.74 Å². The SMILES string of the molecule is CC(C)O.COc1ccc(-c2cn(C(=O)N(C)C3CCN(C(=O)OC(C)(C)C)CC3)cn2)cc1C. The molecule has 1 aliphatic heterocycles. The van der Waals surface area contributed by atoms with Crippen molar-refractivity contribution in [2.45, 2.75) is 72.1 Å². The predicted molar refractivity (Wildman–Crippen MR) is 136 cm³/mol. The third kappa shape index (κ3) is 8.28. The summed E-state index contributed by atoms with van der Waals surface area (Å²) in [5.74, 6) is 0.816. The lowest BCUT2D eigenvalue weighted by atomic mass is 10.0. The van der Waals surface area contributed by atoms with Crippen molar-refractivity contribution in [3.05, 3.63) is 36.3 Å². The first kappa shape index (κ1) is 28.2. The van der Waals surface area contributed by atoms with Crippen molar-refractivity contribution in [2.24, 2.45) is 0 Å². The summed E-state index contributed by atoms with van der Waals surface area (Å²) >= 11 is 0. The maximum Gasteiger partial charge on any atom is 0.410 e. The minimum absolute atomic E-state index is 0.0558. The number of hydrogen-bond donors (Lipinski definition) is 1. The summed E-state index contributed by atoms with van der Waals surface area (Å²) in [5.41, 5.74) is 2.16. The van der Waals surface area contributed by atoms with Crippen LogP contribution in [0.25, 0.3) is 11.3 Å². The van der Waals surface area contributed by atoms with Gasteiger partial charge in [0.1, 0.15) is 17.7 Å². The number of hydrogen-bond acceptors (Lipinski definition) is 6. The van der Waals surface area contributed by atoms with E-state index in [2.05, 4.69) is 4.98 Å². The Kier molecular flexibility index (Phi) is 9.71. The van der Waals surface area contributed by atoms with Crippen LogP contribution in [0.2, 0.25) is 0 Å². The van der Waals surface area contributed by atoms with E-state index >= 15 is 0 Å². The van der Waals surface area contributed by atoms with Crippen molar-refractivity contribution in [2.75, 3.05) is 27.2 Å². The van der Waals surface area contributed by atoms with E-state index in [0.717, 1.165) is 22.6 Å². The monoisotopic (exact) mass is 488 g/mol. The lowest BCUT2D eigenvalue weighted by molar-refractivity contribution is 0.0172. The summed E-state index contributed by atoms with van der Waals surface area (Å²) in [6.07, 6.45) is 4.25. The van der Waals surface area contributed by atoms with Gasteiger partial charge in [-0.1, -0.05) is 0 Å². The smallest absolute Gasteiger partial charge is 0.410 e. The van der Waals surface area contributed by atoms with Crippen molar-refractivity contribution >= 4 is 12.1 Å². The Hall–Kier alpha value is -3.07. The van der Waals surface area contributed by atoms with Gasteiger partial charge in [-0.3, -0.25) is 4.57 Å². The fourth-order valence-corrected chi connectivity index (χ4v) is 3.71. The molecule has 2 aromatic rings. The number of likely N-dealkylation sites (tertiary alicyclic amines) is 1. The van der Waals surface area contributed by atoms with Crippen LogP contribution < -0.4 is 4.74 Å². The highest BCUT2D eigenvalue weighted by molar-refractivity contribution is 5.78. The third-order valence-electron chi connectivity index (χ3n) is 5.46. The zero-order valence-electron chi connectivity index (χ0n) is 22.2. The number of ether oxygens (including phenoxy) is 2. The number of carbonyl (C=O) groups is 2. The van der Waals surface area contributed by atoms with Crippen LogP contribution in [0.5, 0.6) is 5.75 Å². The summed E-state index contributed by atoms with van der Waals surface area (Å²) in [6, 6.07) is 5.74. The van der Waals surface area contributed by atoms with Crippen LogP contribution in [0.15, 0.2) is 30.7 Å². The molecule has 0 aliphatic carbocycles. The van der Waals surface area contributed by atoms with E-state index in [-0.39, 0.29) is 24.3 Å². The average molecular weight is 489 g/mol. The average Bonchev–Trinajstić information content (AvgIpc) is 3.27. The molecule has 1 saturated heterocycles. The van der Waals surface area contributed by atoms with Crippen molar-refractivity contribution < 1.29 is 24.2 Å². The molecular weight excluding hydrogens is 448 g/mol. The Labute approximate surface area is 208 Å². The second-order valence-corrected chi connectivity index (χ2v) is 10.0. The molecule has 1 N–H and O–H groups in total. The number of methoxy groups -OCH3 is 1. The Bertz CT molecular complexity index is 985. The molecule has 0 bridgehead atoms. The molecule has 194 valence electrons. The first-order chi connectivity index (χ1) is 16.3. The second kappa shape index (κ2) is 12.1. The zero-order chi connectivity index (χ0) is 26.3. The van der Waals surface area contributed by atoms with Gasteiger partial charge in [0, 0.05) is 44.0 Å². The molecule has 1 fully saturated rings. The molecule has 0 saturated carbocycles. The molecule has 0 unspecified atom stereocenters. The van der Waals surface area contributed by atoms with E-state index < -0.39 is 5.60 Å². The van der Waals surface area contributed by atoms with Gasteiger partial charge in [-0.05, 0) is 78.1 Å². The number of aromatic nitrogens is 2. The van der Waals surface area contributed by atoms with Crippen LogP contribution in [0.3, 0.4) is 0 Å². The lowest BCUT2D eigenvalue weighted by Crippen LogP contribution is -2.49. The lowest BCUT2D eigenvalue weighted by Gasteiger charge is -2.37.